The molecule has 16 heavy (non-hydrogen) atoms. The summed E-state index contributed by atoms with van der Waals surface area (Å²) in [6.45, 7) is 15.4. The van der Waals surface area contributed by atoms with E-state index in [1.165, 1.54) is 12.8 Å². The van der Waals surface area contributed by atoms with Gasteiger partial charge < -0.3 is 11.1 Å². The molecule has 0 radical (unpaired) electrons. The number of nitrogens with two attached hydrogens (primary N) is 1. The molecule has 0 fully saturated rings. The third-order valence-electron chi connectivity index (χ3n) is 2.87. The van der Waals surface area contributed by atoms with Crippen LogP contribution in [0.2, 0.25) is 0 Å². The normalized spacial score (nSPS) is 13.1. The van der Waals surface area contributed by atoms with Gasteiger partial charge in [0.2, 0.25) is 0 Å². The van der Waals surface area contributed by atoms with E-state index >= 15 is 0 Å². The van der Waals surface area contributed by atoms with Crippen LogP contribution in [0.3, 0.4) is 0 Å². The molecule has 0 saturated heterocycles. The molecule has 0 aromatic rings. The van der Waals surface area contributed by atoms with Gasteiger partial charge in [-0.15, -0.1) is 0 Å². The van der Waals surface area contributed by atoms with Crippen molar-refractivity contribution < 1.29 is 0 Å². The Morgan fingerprint density at radius 2 is 1.31 bits per heavy atom. The Kier molecular flexibility index (Phi) is 7.25. The van der Waals surface area contributed by atoms with Crippen LogP contribution in [0.5, 0.6) is 0 Å². The predicted molar refractivity (Wildman–Crippen MR) is 73.5 cm³/mol. The monoisotopic (exact) mass is 228 g/mol. The van der Waals surface area contributed by atoms with Gasteiger partial charge in [0.05, 0.1) is 0 Å². The first-order chi connectivity index (χ1) is 7.31. The first-order valence-electron chi connectivity index (χ1n) is 6.76. The fourth-order valence-electron chi connectivity index (χ4n) is 2.45. The Morgan fingerprint density at radius 3 is 1.56 bits per heavy atom. The Morgan fingerprint density at radius 1 is 0.875 bits per heavy atom. The van der Waals surface area contributed by atoms with Crippen LogP contribution in [0.25, 0.3) is 0 Å². The summed E-state index contributed by atoms with van der Waals surface area (Å²) in [5, 5.41) is 3.72. The van der Waals surface area contributed by atoms with Crippen molar-refractivity contribution in [2.75, 3.05) is 13.1 Å². The summed E-state index contributed by atoms with van der Waals surface area (Å²) in [6.07, 6.45) is 2.35. The molecule has 2 nitrogen and oxygen atoms in total. The predicted octanol–water partition coefficient (Wildman–Crippen LogP) is 3.02. The zero-order valence-corrected chi connectivity index (χ0v) is 12.1. The van der Waals surface area contributed by atoms with E-state index < -0.39 is 0 Å². The van der Waals surface area contributed by atoms with Crippen molar-refractivity contribution in [3.05, 3.63) is 0 Å². The molecule has 0 spiro atoms. The van der Waals surface area contributed by atoms with Gasteiger partial charge in [-0.05, 0) is 37.1 Å². The van der Waals surface area contributed by atoms with Crippen molar-refractivity contribution in [3.63, 3.8) is 0 Å². The number of hydrogen-bond donors (Lipinski definition) is 2. The third-order valence-corrected chi connectivity index (χ3v) is 2.87. The summed E-state index contributed by atoms with van der Waals surface area (Å²) < 4.78 is 0. The van der Waals surface area contributed by atoms with Gasteiger partial charge in [-0.25, -0.2) is 0 Å². The zero-order chi connectivity index (χ0) is 12.8. The lowest BCUT2D eigenvalue weighted by Crippen LogP contribution is -2.54. The molecule has 2 heteroatoms. The number of rotatable bonds is 8. The molecule has 0 saturated carbocycles. The topological polar surface area (TPSA) is 38.0 Å². The Balaban J connectivity index is 4.53. The highest BCUT2D eigenvalue weighted by Gasteiger charge is 2.29. The maximum Gasteiger partial charge on any atom is 0.0309 e. The molecule has 0 bridgehead atoms. The maximum atomic E-state index is 6.03. The molecule has 0 aliphatic rings. The highest BCUT2D eigenvalue weighted by molar-refractivity contribution is 4.91. The Hall–Kier alpha value is -0.0800. The van der Waals surface area contributed by atoms with Crippen LogP contribution in [-0.4, -0.2) is 18.6 Å². The minimum atomic E-state index is 0.145. The average molecular weight is 228 g/mol. The summed E-state index contributed by atoms with van der Waals surface area (Å²) in [4.78, 5) is 0. The summed E-state index contributed by atoms with van der Waals surface area (Å²) in [7, 11) is 0. The van der Waals surface area contributed by atoms with Crippen molar-refractivity contribution in [2.45, 2.75) is 59.9 Å². The highest BCUT2D eigenvalue weighted by atomic mass is 15.0. The molecule has 0 atom stereocenters. The van der Waals surface area contributed by atoms with Gasteiger partial charge in [0.15, 0.2) is 0 Å². The molecule has 0 amide bonds. The summed E-state index contributed by atoms with van der Waals surface area (Å²) in [5.41, 5.74) is 6.17. The maximum absolute atomic E-state index is 6.03. The van der Waals surface area contributed by atoms with Crippen LogP contribution in [-0.2, 0) is 0 Å². The minimum absolute atomic E-state index is 0.145. The number of nitrogens with one attached hydrogen (secondary N) is 1. The van der Waals surface area contributed by atoms with E-state index in [1.807, 2.05) is 0 Å². The van der Waals surface area contributed by atoms with E-state index in [4.69, 9.17) is 5.73 Å². The molecule has 0 aromatic carbocycles. The lowest BCUT2D eigenvalue weighted by molar-refractivity contribution is 0.222. The summed E-state index contributed by atoms with van der Waals surface area (Å²) in [6, 6.07) is 0. The van der Waals surface area contributed by atoms with E-state index in [2.05, 4.69) is 46.9 Å². The van der Waals surface area contributed by atoms with Gasteiger partial charge in [0.1, 0.15) is 0 Å². The van der Waals surface area contributed by atoms with E-state index in [-0.39, 0.29) is 5.54 Å². The van der Waals surface area contributed by atoms with Gasteiger partial charge in [0.25, 0.3) is 0 Å². The quantitative estimate of drug-likeness (QED) is 0.670. The second kappa shape index (κ2) is 7.29. The molecule has 98 valence electrons. The lowest BCUT2D eigenvalue weighted by Gasteiger charge is -2.37. The van der Waals surface area contributed by atoms with Crippen molar-refractivity contribution in [1.82, 2.24) is 5.32 Å². The van der Waals surface area contributed by atoms with Crippen molar-refractivity contribution in [3.8, 4) is 0 Å². The molecule has 0 aliphatic heterocycles. The van der Waals surface area contributed by atoms with Gasteiger partial charge >= 0.3 is 0 Å². The van der Waals surface area contributed by atoms with Crippen LogP contribution in [0.4, 0.5) is 0 Å². The zero-order valence-electron chi connectivity index (χ0n) is 12.1. The molecule has 0 unspecified atom stereocenters. The van der Waals surface area contributed by atoms with Crippen molar-refractivity contribution in [2.24, 2.45) is 23.5 Å². The SMILES string of the molecule is CC(C)CNC(CN)(CC(C)C)CC(C)C. The van der Waals surface area contributed by atoms with Crippen LogP contribution >= 0.6 is 0 Å². The van der Waals surface area contributed by atoms with Crippen LogP contribution in [0.1, 0.15) is 54.4 Å². The fourth-order valence-corrected chi connectivity index (χ4v) is 2.45. The van der Waals surface area contributed by atoms with Crippen LogP contribution in [0.15, 0.2) is 0 Å². The first kappa shape index (κ1) is 15.9. The van der Waals surface area contributed by atoms with Gasteiger partial charge in [0, 0.05) is 12.1 Å². The molecular weight excluding hydrogens is 196 g/mol. The summed E-state index contributed by atoms with van der Waals surface area (Å²) in [5.74, 6) is 2.08. The largest absolute Gasteiger partial charge is 0.329 e. The molecular formula is C14H32N2. The van der Waals surface area contributed by atoms with E-state index in [0.717, 1.165) is 13.1 Å². The van der Waals surface area contributed by atoms with Crippen molar-refractivity contribution >= 4 is 0 Å². The molecule has 0 heterocycles. The Labute approximate surface area is 102 Å². The third kappa shape index (κ3) is 6.49. The van der Waals surface area contributed by atoms with Crippen LogP contribution in [0, 0.1) is 17.8 Å². The smallest absolute Gasteiger partial charge is 0.0309 e. The fraction of sp³-hybridized carbons (Fsp3) is 1.00. The first-order valence-corrected chi connectivity index (χ1v) is 6.76. The molecule has 0 rings (SSSR count). The molecule has 0 aromatic heterocycles. The van der Waals surface area contributed by atoms with Crippen molar-refractivity contribution in [1.29, 1.82) is 0 Å². The second-order valence-electron chi connectivity index (χ2n) is 6.46. The van der Waals surface area contributed by atoms with Crippen LogP contribution < -0.4 is 11.1 Å². The second-order valence-corrected chi connectivity index (χ2v) is 6.46. The average Bonchev–Trinajstić information content (AvgIpc) is 2.12. The molecule has 3 N–H and O–H groups in total. The van der Waals surface area contributed by atoms with E-state index in [0.29, 0.717) is 17.8 Å². The Bertz CT molecular complexity index is 164. The standard InChI is InChI=1S/C14H32N2/c1-11(2)7-14(10-15,8-12(3)4)16-9-13(5)6/h11-13,16H,7-10,15H2,1-6H3. The molecule has 0 aliphatic carbocycles. The highest BCUT2D eigenvalue weighted by Crippen LogP contribution is 2.24. The summed E-state index contributed by atoms with van der Waals surface area (Å²) >= 11 is 0. The van der Waals surface area contributed by atoms with Gasteiger partial charge in [-0.3, -0.25) is 0 Å². The lowest BCUT2D eigenvalue weighted by atomic mass is 9.81. The van der Waals surface area contributed by atoms with E-state index in [9.17, 15) is 0 Å². The minimum Gasteiger partial charge on any atom is -0.329 e. The van der Waals surface area contributed by atoms with Gasteiger partial charge in [-0.1, -0.05) is 41.5 Å². The van der Waals surface area contributed by atoms with E-state index in [1.54, 1.807) is 0 Å². The number of hydrogen-bond acceptors (Lipinski definition) is 2. The van der Waals surface area contributed by atoms with Gasteiger partial charge in [-0.2, -0.15) is 0 Å².